The Labute approximate surface area is 188 Å². The number of aryl methyl sites for hydroxylation is 1. The molecular formula is C20H24F3N5O3S. The third kappa shape index (κ3) is 5.12. The summed E-state index contributed by atoms with van der Waals surface area (Å²) in [6.45, 7) is 2.62. The van der Waals surface area contributed by atoms with E-state index in [2.05, 4.69) is 15.6 Å². The summed E-state index contributed by atoms with van der Waals surface area (Å²) in [7, 11) is 1.60. The first-order valence-corrected chi connectivity index (χ1v) is 10.4. The van der Waals surface area contributed by atoms with Crippen LogP contribution in [-0.2, 0) is 11.8 Å². The molecule has 1 aromatic heterocycles. The van der Waals surface area contributed by atoms with Crippen molar-refractivity contribution >= 4 is 29.0 Å². The molecule has 1 aromatic rings. The third-order valence-corrected chi connectivity index (χ3v) is 5.99. The number of aromatic nitrogens is 2. The van der Waals surface area contributed by atoms with Gasteiger partial charge >= 0.3 is 12.1 Å². The number of carbonyl (C=O) groups is 1. The zero-order valence-corrected chi connectivity index (χ0v) is 18.4. The maximum Gasteiger partial charge on any atom is 0.416 e. The molecule has 0 spiro atoms. The molecule has 1 unspecified atom stereocenters. The Morgan fingerprint density at radius 2 is 2.00 bits per heavy atom. The van der Waals surface area contributed by atoms with Gasteiger partial charge in [-0.25, -0.2) is 0 Å². The van der Waals surface area contributed by atoms with Crippen LogP contribution in [0.3, 0.4) is 0 Å². The molecule has 12 heteroatoms. The minimum Gasteiger partial charge on any atom is -0.504 e. The van der Waals surface area contributed by atoms with Crippen LogP contribution in [0.5, 0.6) is 5.75 Å². The lowest BCUT2D eigenvalue weighted by Crippen LogP contribution is -2.44. The van der Waals surface area contributed by atoms with Crippen LogP contribution in [0.1, 0.15) is 43.5 Å². The van der Waals surface area contributed by atoms with Gasteiger partial charge in [-0.1, -0.05) is 18.2 Å². The largest absolute Gasteiger partial charge is 0.504 e. The van der Waals surface area contributed by atoms with E-state index in [1.807, 2.05) is 4.90 Å². The van der Waals surface area contributed by atoms with Gasteiger partial charge in [0, 0.05) is 26.1 Å². The average molecular weight is 472 g/mol. The molecule has 0 aromatic carbocycles. The Balaban J connectivity index is 1.67. The molecule has 8 nitrogen and oxygen atoms in total. The molecule has 2 aliphatic rings. The van der Waals surface area contributed by atoms with Crippen LogP contribution in [0.15, 0.2) is 28.9 Å². The van der Waals surface area contributed by atoms with Crippen LogP contribution < -0.4 is 5.43 Å². The molecule has 1 aliphatic carbocycles. The number of allylic oxidation sites excluding steroid dienone is 4. The molecular weight excluding hydrogens is 447 g/mol. The fourth-order valence-electron chi connectivity index (χ4n) is 3.80. The number of hydrogen-bond acceptors (Lipinski definition) is 5. The standard InChI is InChI=1S/C20H24F3N5O3S/c1-11(24-25-19(32)28-9-7-13(8-10-28)18(30)31)15-17(29)16(27(2)26-15)12-3-5-14(6-4-12)20(21,22)23/h3,5-6,12-13,29H,4,7-10H2,1-2H3,(H,25,32)(H,30,31)/b24-11+. The number of piperidine rings is 1. The van der Waals surface area contributed by atoms with Gasteiger partial charge in [-0.15, -0.1) is 0 Å². The first-order chi connectivity index (χ1) is 15.0. The second-order valence-corrected chi connectivity index (χ2v) is 8.17. The van der Waals surface area contributed by atoms with Crippen LogP contribution in [0.4, 0.5) is 13.2 Å². The number of carboxylic acids is 1. The van der Waals surface area contributed by atoms with E-state index in [-0.39, 0.29) is 23.8 Å². The Kier molecular flexibility index (Phi) is 6.91. The monoisotopic (exact) mass is 471 g/mol. The molecule has 1 saturated heterocycles. The SMILES string of the molecule is C/C(=N\NC(=S)N1CCC(C(=O)O)CC1)c1nn(C)c(C2C=CC(C(F)(F)F)=CC2)c1O. The number of alkyl halides is 3. The first kappa shape index (κ1) is 23.8. The lowest BCUT2D eigenvalue weighted by Gasteiger charge is -2.31. The summed E-state index contributed by atoms with van der Waals surface area (Å²) in [6.07, 6.45) is 0.178. The zero-order chi connectivity index (χ0) is 23.6. The van der Waals surface area contributed by atoms with Gasteiger partial charge in [0.05, 0.1) is 22.9 Å². The molecule has 1 aliphatic heterocycles. The number of nitrogens with one attached hydrogen (secondary N) is 1. The summed E-state index contributed by atoms with van der Waals surface area (Å²) in [5.41, 5.74) is 2.96. The van der Waals surface area contributed by atoms with Crippen LogP contribution in [0.25, 0.3) is 0 Å². The highest BCUT2D eigenvalue weighted by molar-refractivity contribution is 7.80. The number of likely N-dealkylation sites (tertiary alicyclic amines) is 1. The molecule has 0 bridgehead atoms. The molecule has 3 N–H and O–H groups in total. The summed E-state index contributed by atoms with van der Waals surface area (Å²) in [6, 6.07) is 0. The second-order valence-electron chi connectivity index (χ2n) is 7.78. The van der Waals surface area contributed by atoms with Gasteiger partial charge in [-0.05, 0) is 38.4 Å². The molecule has 0 saturated carbocycles. The van der Waals surface area contributed by atoms with Gasteiger partial charge in [0.25, 0.3) is 0 Å². The van der Waals surface area contributed by atoms with E-state index in [1.54, 1.807) is 14.0 Å². The normalized spacial score (nSPS) is 20.3. The van der Waals surface area contributed by atoms with Crippen molar-refractivity contribution in [2.24, 2.45) is 18.1 Å². The lowest BCUT2D eigenvalue weighted by atomic mass is 9.92. The summed E-state index contributed by atoms with van der Waals surface area (Å²) in [4.78, 5) is 12.9. The number of hydrazone groups is 1. The van der Waals surface area contributed by atoms with Gasteiger partial charge in [0.15, 0.2) is 16.6 Å². The molecule has 0 amide bonds. The maximum absolute atomic E-state index is 12.8. The predicted octanol–water partition coefficient (Wildman–Crippen LogP) is 3.05. The molecule has 32 heavy (non-hydrogen) atoms. The summed E-state index contributed by atoms with van der Waals surface area (Å²) in [5.74, 6) is -1.79. The molecule has 1 fully saturated rings. The Bertz CT molecular complexity index is 991. The third-order valence-electron chi connectivity index (χ3n) is 5.64. The number of hydrogen-bond donors (Lipinski definition) is 3. The van der Waals surface area contributed by atoms with Crippen molar-refractivity contribution in [3.63, 3.8) is 0 Å². The van der Waals surface area contributed by atoms with Crippen molar-refractivity contribution in [3.05, 3.63) is 35.2 Å². The van der Waals surface area contributed by atoms with E-state index in [0.717, 1.165) is 12.2 Å². The van der Waals surface area contributed by atoms with Gasteiger partial charge in [-0.3, -0.25) is 14.9 Å². The van der Waals surface area contributed by atoms with Gasteiger partial charge in [0.1, 0.15) is 0 Å². The minimum absolute atomic E-state index is 0.0860. The molecule has 1 atom stereocenters. The first-order valence-electron chi connectivity index (χ1n) is 10.0. The van der Waals surface area contributed by atoms with Crippen LogP contribution in [-0.4, -0.2) is 61.0 Å². The van der Waals surface area contributed by atoms with Gasteiger partial charge in [0.2, 0.25) is 0 Å². The zero-order valence-electron chi connectivity index (χ0n) is 17.6. The van der Waals surface area contributed by atoms with Gasteiger partial charge in [-0.2, -0.15) is 23.4 Å². The molecule has 174 valence electrons. The van der Waals surface area contributed by atoms with Crippen molar-refractivity contribution in [2.75, 3.05) is 13.1 Å². The fourth-order valence-corrected chi connectivity index (χ4v) is 4.03. The van der Waals surface area contributed by atoms with E-state index in [4.69, 9.17) is 17.3 Å². The highest BCUT2D eigenvalue weighted by Crippen LogP contribution is 2.38. The average Bonchev–Trinajstić information content (AvgIpc) is 3.05. The number of rotatable bonds is 4. The topological polar surface area (TPSA) is 103 Å². The summed E-state index contributed by atoms with van der Waals surface area (Å²) in [5, 5.41) is 28.6. The van der Waals surface area contributed by atoms with Crippen molar-refractivity contribution in [1.29, 1.82) is 0 Å². The van der Waals surface area contributed by atoms with Crippen molar-refractivity contribution < 1.29 is 28.2 Å². The maximum atomic E-state index is 12.8. The quantitative estimate of drug-likeness (QED) is 0.352. The predicted molar refractivity (Wildman–Crippen MR) is 115 cm³/mol. The molecule has 0 radical (unpaired) electrons. The smallest absolute Gasteiger partial charge is 0.416 e. The van der Waals surface area contributed by atoms with Crippen LogP contribution >= 0.6 is 12.2 Å². The minimum atomic E-state index is -4.41. The van der Waals surface area contributed by atoms with E-state index in [9.17, 15) is 23.1 Å². The fraction of sp³-hybridized carbons (Fsp3) is 0.500. The second kappa shape index (κ2) is 9.31. The summed E-state index contributed by atoms with van der Waals surface area (Å²) >= 11 is 5.32. The molecule has 3 rings (SSSR count). The van der Waals surface area contributed by atoms with E-state index >= 15 is 0 Å². The number of aromatic hydroxyl groups is 1. The Morgan fingerprint density at radius 3 is 2.53 bits per heavy atom. The van der Waals surface area contributed by atoms with Crippen LogP contribution in [0.2, 0.25) is 0 Å². The van der Waals surface area contributed by atoms with Crippen molar-refractivity contribution in [1.82, 2.24) is 20.1 Å². The van der Waals surface area contributed by atoms with E-state index in [1.165, 1.54) is 10.8 Å². The van der Waals surface area contributed by atoms with E-state index in [0.29, 0.717) is 42.4 Å². The van der Waals surface area contributed by atoms with Crippen molar-refractivity contribution in [3.8, 4) is 5.75 Å². The number of carboxylic acid groups (broad SMARTS) is 1. The number of aliphatic carboxylic acids is 1. The Morgan fingerprint density at radius 1 is 1.34 bits per heavy atom. The summed E-state index contributed by atoms with van der Waals surface area (Å²) < 4.78 is 39.9. The number of thiocarbonyl (C=S) groups is 1. The number of halogens is 3. The highest BCUT2D eigenvalue weighted by Gasteiger charge is 2.34. The molecule has 2 heterocycles. The van der Waals surface area contributed by atoms with Crippen molar-refractivity contribution in [2.45, 2.75) is 38.3 Å². The van der Waals surface area contributed by atoms with Crippen LogP contribution in [0, 0.1) is 5.92 Å². The number of nitrogens with zero attached hydrogens (tertiary/aromatic N) is 4. The lowest BCUT2D eigenvalue weighted by molar-refractivity contribution is -0.143. The van der Waals surface area contributed by atoms with E-state index < -0.39 is 23.6 Å². The highest BCUT2D eigenvalue weighted by atomic mass is 32.1. The van der Waals surface area contributed by atoms with Gasteiger partial charge < -0.3 is 15.1 Å². The Hall–Kier alpha value is -2.89.